The minimum Gasteiger partial charge on any atom is -0.507 e. The molecule has 0 aliphatic rings. The normalized spacial score (nSPS) is 12.7. The van der Waals surface area contributed by atoms with Crippen molar-refractivity contribution in [2.45, 2.75) is 66.0 Å². The lowest BCUT2D eigenvalue weighted by Crippen LogP contribution is -2.38. The molecule has 2 N–H and O–H groups in total. The van der Waals surface area contributed by atoms with Gasteiger partial charge in [0.1, 0.15) is 11.5 Å². The summed E-state index contributed by atoms with van der Waals surface area (Å²) in [4.78, 5) is 9.31. The molecule has 0 spiro atoms. The highest BCUT2D eigenvalue weighted by atomic mass is 28.3. The van der Waals surface area contributed by atoms with Crippen molar-refractivity contribution in [3.05, 3.63) is 70.8 Å². The van der Waals surface area contributed by atoms with Crippen LogP contribution in [0.3, 0.4) is 0 Å². The summed E-state index contributed by atoms with van der Waals surface area (Å²) >= 11 is 0. The quantitative estimate of drug-likeness (QED) is 0.255. The minimum absolute atomic E-state index is 0.307. The Morgan fingerprint density at radius 2 is 1.03 bits per heavy atom. The molecule has 0 bridgehead atoms. The number of aliphatic imine (C=N–C) groups is 2. The number of rotatable bonds is 8. The van der Waals surface area contributed by atoms with E-state index < -0.39 is 16.1 Å². The maximum atomic E-state index is 10.7. The molecule has 0 saturated heterocycles. The lowest BCUT2D eigenvalue weighted by Gasteiger charge is -2.19. The van der Waals surface area contributed by atoms with Crippen molar-refractivity contribution in [2.24, 2.45) is 9.98 Å². The van der Waals surface area contributed by atoms with Gasteiger partial charge < -0.3 is 10.2 Å². The van der Waals surface area contributed by atoms with E-state index in [-0.39, 0.29) is 0 Å². The third kappa shape index (κ3) is 6.62. The third-order valence-corrected chi connectivity index (χ3v) is 10.5. The van der Waals surface area contributed by atoms with Gasteiger partial charge in [0.15, 0.2) is 0 Å². The average molecular weight is 517 g/mol. The lowest BCUT2D eigenvalue weighted by atomic mass is 10.1. The molecule has 3 rings (SSSR count). The van der Waals surface area contributed by atoms with E-state index in [0.717, 1.165) is 46.5 Å². The Bertz CT molecular complexity index is 1200. The summed E-state index contributed by atoms with van der Waals surface area (Å²) in [5.41, 5.74) is 4.94. The van der Waals surface area contributed by atoms with Crippen LogP contribution in [0.1, 0.15) is 36.1 Å². The molecule has 36 heavy (non-hydrogen) atoms. The van der Waals surface area contributed by atoms with Crippen LogP contribution in [-0.4, -0.2) is 38.8 Å². The second-order valence-corrected chi connectivity index (χ2v) is 21.5. The Morgan fingerprint density at radius 3 is 1.36 bits per heavy atom. The zero-order valence-corrected chi connectivity index (χ0v) is 25.0. The maximum Gasteiger partial charge on any atom is 0.127 e. The number of phenols is 2. The first-order valence-corrected chi connectivity index (χ1v) is 19.7. The highest BCUT2D eigenvalue weighted by Gasteiger charge is 2.20. The first-order chi connectivity index (χ1) is 16.8. The van der Waals surface area contributed by atoms with Crippen molar-refractivity contribution in [3.8, 4) is 11.5 Å². The maximum absolute atomic E-state index is 10.7. The molecule has 190 valence electrons. The summed E-state index contributed by atoms with van der Waals surface area (Å²) in [7, 11) is -3.07. The summed E-state index contributed by atoms with van der Waals surface area (Å²) < 4.78 is 0. The summed E-state index contributed by atoms with van der Waals surface area (Å²) in [5.74, 6) is 0.615. The van der Waals surface area contributed by atoms with Crippen LogP contribution < -0.4 is 10.4 Å². The van der Waals surface area contributed by atoms with Crippen LogP contribution in [0, 0.1) is 0 Å². The van der Waals surface area contributed by atoms with Crippen molar-refractivity contribution in [1.29, 1.82) is 0 Å². The van der Waals surface area contributed by atoms with Crippen molar-refractivity contribution in [2.75, 3.05) is 0 Å². The molecule has 0 heterocycles. The van der Waals surface area contributed by atoms with E-state index in [9.17, 15) is 10.2 Å². The van der Waals surface area contributed by atoms with Crippen LogP contribution in [0.25, 0.3) is 0 Å². The third-order valence-electron chi connectivity index (χ3n) is 6.47. The van der Waals surface area contributed by atoms with Gasteiger partial charge in [-0.2, -0.15) is 0 Å². The molecule has 0 atom stereocenters. The smallest absolute Gasteiger partial charge is 0.127 e. The van der Waals surface area contributed by atoms with E-state index >= 15 is 0 Å². The fourth-order valence-electron chi connectivity index (χ4n) is 3.98. The number of nitrogens with zero attached hydrogens (tertiary/aromatic N) is 2. The number of benzene rings is 3. The van der Waals surface area contributed by atoms with E-state index in [4.69, 9.17) is 0 Å². The van der Waals surface area contributed by atoms with E-state index in [0.29, 0.717) is 11.5 Å². The van der Waals surface area contributed by atoms with Gasteiger partial charge in [0, 0.05) is 23.6 Å². The summed E-state index contributed by atoms with van der Waals surface area (Å²) in [6, 6.07) is 16.1. The van der Waals surface area contributed by atoms with Gasteiger partial charge in [-0.3, -0.25) is 9.98 Å². The van der Waals surface area contributed by atoms with Gasteiger partial charge in [-0.25, -0.2) is 0 Å². The molecule has 0 amide bonds. The molecule has 0 radical (unpaired) electrons. The van der Waals surface area contributed by atoms with Crippen LogP contribution in [0.2, 0.25) is 39.3 Å². The van der Waals surface area contributed by atoms with Gasteiger partial charge in [-0.05, 0) is 42.2 Å². The SMILES string of the molecule is CCc1cc([Si](C)(C)C)cc(C=Nc2cccc(N=Cc3cc([Si](C)(C)C)cc(CC)c3O)c2)c1O. The van der Waals surface area contributed by atoms with Crippen LogP contribution in [0.4, 0.5) is 11.4 Å². The molecule has 0 aliphatic carbocycles. The Kier molecular flexibility index (Phi) is 8.42. The van der Waals surface area contributed by atoms with Crippen LogP contribution in [0.5, 0.6) is 11.5 Å². The van der Waals surface area contributed by atoms with Crippen LogP contribution >= 0.6 is 0 Å². The van der Waals surface area contributed by atoms with Crippen molar-refractivity contribution >= 4 is 50.3 Å². The highest BCUT2D eigenvalue weighted by molar-refractivity contribution is 6.89. The van der Waals surface area contributed by atoms with Gasteiger partial charge in [-0.15, -0.1) is 0 Å². The van der Waals surface area contributed by atoms with Gasteiger partial charge in [0.25, 0.3) is 0 Å². The fraction of sp³-hybridized carbons (Fsp3) is 0.333. The number of aryl methyl sites for hydroxylation is 2. The predicted octanol–water partition coefficient (Wildman–Crippen LogP) is 6.81. The molecular weight excluding hydrogens is 477 g/mol. The van der Waals surface area contributed by atoms with Crippen molar-refractivity contribution < 1.29 is 10.2 Å². The molecule has 6 heteroatoms. The minimum atomic E-state index is -1.53. The molecule has 4 nitrogen and oxygen atoms in total. The highest BCUT2D eigenvalue weighted by Crippen LogP contribution is 2.26. The molecular formula is C30H40N2O2Si2. The second kappa shape index (κ2) is 11.0. The van der Waals surface area contributed by atoms with Crippen molar-refractivity contribution in [1.82, 2.24) is 0 Å². The van der Waals surface area contributed by atoms with E-state index in [1.54, 1.807) is 12.4 Å². The van der Waals surface area contributed by atoms with Crippen LogP contribution in [0.15, 0.2) is 58.5 Å². The zero-order valence-electron chi connectivity index (χ0n) is 23.0. The number of phenolic OH excluding ortho intramolecular Hbond substituents is 2. The average Bonchev–Trinajstić information content (AvgIpc) is 2.81. The van der Waals surface area contributed by atoms with Gasteiger partial charge in [0.05, 0.1) is 27.5 Å². The lowest BCUT2D eigenvalue weighted by molar-refractivity contribution is 0.467. The predicted molar refractivity (Wildman–Crippen MR) is 162 cm³/mol. The Hall–Kier alpha value is -2.97. The topological polar surface area (TPSA) is 65.2 Å². The van der Waals surface area contributed by atoms with Gasteiger partial charge in [0.2, 0.25) is 0 Å². The first-order valence-electron chi connectivity index (χ1n) is 12.7. The molecule has 0 unspecified atom stereocenters. The van der Waals surface area contributed by atoms with Gasteiger partial charge >= 0.3 is 0 Å². The zero-order chi connectivity index (χ0) is 26.7. The van der Waals surface area contributed by atoms with Gasteiger partial charge in [-0.1, -0.05) is 93.8 Å². The standard InChI is InChI=1S/C30H40N2O2Si2/c1-9-21-14-27(35(3,4)5)16-23(29(21)33)19-31-25-12-11-13-26(18-25)32-20-24-17-28(36(6,7)8)15-22(10-2)30(24)34/h11-20,33-34H,9-10H2,1-8H3. The molecule has 0 aliphatic heterocycles. The summed E-state index contributed by atoms with van der Waals surface area (Å²) in [5, 5.41) is 24.1. The van der Waals surface area contributed by atoms with E-state index in [2.05, 4.69) is 87.4 Å². The molecule has 0 fully saturated rings. The number of aromatic hydroxyl groups is 2. The number of hydrogen-bond donors (Lipinski definition) is 2. The molecule has 0 saturated carbocycles. The second-order valence-electron chi connectivity index (χ2n) is 11.4. The Morgan fingerprint density at radius 1 is 0.639 bits per heavy atom. The van der Waals surface area contributed by atoms with Crippen LogP contribution in [-0.2, 0) is 12.8 Å². The summed E-state index contributed by atoms with van der Waals surface area (Å²) in [6.07, 6.45) is 5.05. The largest absolute Gasteiger partial charge is 0.507 e. The Labute approximate surface area is 218 Å². The molecule has 3 aromatic rings. The van der Waals surface area contributed by atoms with E-state index in [1.165, 1.54) is 10.4 Å². The fourth-order valence-corrected chi connectivity index (χ4v) is 6.37. The Balaban J connectivity index is 1.93. The number of hydrogen-bond acceptors (Lipinski definition) is 4. The first kappa shape index (κ1) is 27.6. The monoisotopic (exact) mass is 516 g/mol. The van der Waals surface area contributed by atoms with Crippen molar-refractivity contribution in [3.63, 3.8) is 0 Å². The molecule has 0 aromatic heterocycles. The molecule has 3 aromatic carbocycles. The van der Waals surface area contributed by atoms with E-state index in [1.807, 2.05) is 24.3 Å². The summed E-state index contributed by atoms with van der Waals surface area (Å²) in [6.45, 7) is 18.0.